The van der Waals surface area contributed by atoms with E-state index in [1.165, 1.54) is 12.1 Å². The van der Waals surface area contributed by atoms with Gasteiger partial charge in [0.1, 0.15) is 0 Å². The van der Waals surface area contributed by atoms with E-state index in [0.29, 0.717) is 24.3 Å². The van der Waals surface area contributed by atoms with Gasteiger partial charge in [0.05, 0.1) is 18.0 Å². The lowest BCUT2D eigenvalue weighted by Crippen LogP contribution is -2.29. The molecule has 5 nitrogen and oxygen atoms in total. The number of carbonyl (C=O) groups is 1. The first-order valence-electron chi connectivity index (χ1n) is 9.53. The minimum Gasteiger partial charge on any atom is -0.328 e. The van der Waals surface area contributed by atoms with Gasteiger partial charge in [0, 0.05) is 21.0 Å². The van der Waals surface area contributed by atoms with Gasteiger partial charge in [-0.05, 0) is 59.3 Å². The van der Waals surface area contributed by atoms with Crippen LogP contribution in [-0.2, 0) is 23.1 Å². The number of hydrogen-bond donors (Lipinski definition) is 1. The summed E-state index contributed by atoms with van der Waals surface area (Å²) < 4.78 is 27.8. The third kappa shape index (κ3) is 5.41. The molecule has 0 saturated carbocycles. The van der Waals surface area contributed by atoms with Crippen LogP contribution < -0.4 is 4.72 Å². The van der Waals surface area contributed by atoms with Gasteiger partial charge >= 0.3 is 0 Å². The zero-order valence-electron chi connectivity index (χ0n) is 16.5. The van der Waals surface area contributed by atoms with E-state index in [9.17, 15) is 13.2 Å². The summed E-state index contributed by atoms with van der Waals surface area (Å²) in [6.07, 6.45) is 0. The highest BCUT2D eigenvalue weighted by molar-refractivity contribution is 7.92. The Hall–Kier alpha value is -2.94. The fourth-order valence-corrected chi connectivity index (χ4v) is 5.56. The van der Waals surface area contributed by atoms with Crippen LogP contribution in [0.5, 0.6) is 0 Å². The minimum atomic E-state index is -3.73. The molecule has 0 radical (unpaired) electrons. The van der Waals surface area contributed by atoms with Crippen molar-refractivity contribution >= 4 is 44.3 Å². The largest absolute Gasteiger partial charge is 0.328 e. The normalized spacial score (nSPS) is 11.2. The topological polar surface area (TPSA) is 66.5 Å². The number of anilines is 1. The highest BCUT2D eigenvalue weighted by Crippen LogP contribution is 2.21. The summed E-state index contributed by atoms with van der Waals surface area (Å²) in [7, 11) is -3.73. The van der Waals surface area contributed by atoms with Crippen LogP contribution in [0.4, 0.5) is 5.69 Å². The fourth-order valence-electron chi connectivity index (χ4n) is 3.06. The second kappa shape index (κ2) is 9.47. The molecular formula is C23H20N2O3S3. The minimum absolute atomic E-state index is 0.107. The number of nitrogens with zero attached hydrogens (tertiary/aromatic N) is 1. The van der Waals surface area contributed by atoms with Crippen molar-refractivity contribution in [2.24, 2.45) is 0 Å². The second-order valence-electron chi connectivity index (χ2n) is 6.82. The van der Waals surface area contributed by atoms with E-state index in [1.807, 2.05) is 41.1 Å². The molecule has 0 bridgehead atoms. The summed E-state index contributed by atoms with van der Waals surface area (Å²) in [4.78, 5) is 17.3. The second-order valence-corrected chi connectivity index (χ2v) is 10.6. The van der Waals surface area contributed by atoms with Crippen molar-refractivity contribution in [3.63, 3.8) is 0 Å². The van der Waals surface area contributed by atoms with Gasteiger partial charge in [0.15, 0.2) is 0 Å². The maximum Gasteiger partial charge on any atom is 0.261 e. The molecule has 4 aromatic rings. The first kappa shape index (κ1) is 21.3. The Balaban J connectivity index is 1.53. The first-order chi connectivity index (χ1) is 15.0. The zero-order chi connectivity index (χ0) is 21.7. The molecule has 0 aliphatic rings. The van der Waals surface area contributed by atoms with E-state index in [0.717, 1.165) is 9.75 Å². The summed E-state index contributed by atoms with van der Waals surface area (Å²) >= 11 is 3.21. The molecule has 0 atom stereocenters. The van der Waals surface area contributed by atoms with Crippen molar-refractivity contribution in [1.82, 2.24) is 4.90 Å². The lowest BCUT2D eigenvalue weighted by molar-refractivity contribution is 0.0733. The van der Waals surface area contributed by atoms with Gasteiger partial charge in [-0.2, -0.15) is 0 Å². The molecule has 0 spiro atoms. The van der Waals surface area contributed by atoms with E-state index in [1.54, 1.807) is 64.0 Å². The molecule has 2 aromatic carbocycles. The molecule has 0 aliphatic heterocycles. The van der Waals surface area contributed by atoms with Crippen LogP contribution in [0.2, 0.25) is 0 Å². The predicted molar refractivity (Wildman–Crippen MR) is 126 cm³/mol. The molecule has 2 heterocycles. The predicted octanol–water partition coefficient (Wildman–Crippen LogP) is 5.45. The lowest BCUT2D eigenvalue weighted by atomic mass is 10.2. The number of carbonyl (C=O) groups excluding carboxylic acids is 1. The number of benzene rings is 2. The number of thiophene rings is 2. The monoisotopic (exact) mass is 468 g/mol. The van der Waals surface area contributed by atoms with Crippen molar-refractivity contribution in [2.45, 2.75) is 18.0 Å². The average Bonchev–Trinajstić information content (AvgIpc) is 3.48. The highest BCUT2D eigenvalue weighted by Gasteiger charge is 2.20. The van der Waals surface area contributed by atoms with Crippen molar-refractivity contribution in [1.29, 1.82) is 0 Å². The van der Waals surface area contributed by atoms with Gasteiger partial charge in [-0.1, -0.05) is 30.3 Å². The summed E-state index contributed by atoms with van der Waals surface area (Å²) in [5, 5.41) is 3.98. The van der Waals surface area contributed by atoms with Crippen molar-refractivity contribution < 1.29 is 13.2 Å². The molecule has 158 valence electrons. The summed E-state index contributed by atoms with van der Waals surface area (Å²) in [6, 6.07) is 22.7. The molecule has 0 fully saturated rings. The van der Waals surface area contributed by atoms with Crippen LogP contribution in [0.25, 0.3) is 0 Å². The Bertz CT molecular complexity index is 1180. The Labute approximate surface area is 189 Å². The van der Waals surface area contributed by atoms with E-state index >= 15 is 0 Å². The van der Waals surface area contributed by atoms with Gasteiger partial charge in [-0.25, -0.2) is 8.42 Å². The van der Waals surface area contributed by atoms with Crippen molar-refractivity contribution in [2.75, 3.05) is 4.72 Å². The fraction of sp³-hybridized carbons (Fsp3) is 0.0870. The maximum absolute atomic E-state index is 13.2. The van der Waals surface area contributed by atoms with E-state index in [4.69, 9.17) is 0 Å². The third-order valence-electron chi connectivity index (χ3n) is 4.58. The van der Waals surface area contributed by atoms with Gasteiger partial charge in [-0.3, -0.25) is 9.52 Å². The van der Waals surface area contributed by atoms with Gasteiger partial charge in [0.2, 0.25) is 0 Å². The molecule has 1 amide bonds. The maximum atomic E-state index is 13.2. The van der Waals surface area contributed by atoms with Gasteiger partial charge in [0.25, 0.3) is 15.9 Å². The van der Waals surface area contributed by atoms with Crippen LogP contribution in [0.3, 0.4) is 0 Å². The standard InChI is InChI=1S/C23H20N2O3S3/c26-23(25(16-20-8-4-14-29-20)17-21-9-5-15-30-21)18-10-12-22(13-11-18)31(27,28)24-19-6-2-1-3-7-19/h1-15,24H,16-17H2. The molecule has 0 aliphatic carbocycles. The molecule has 0 saturated heterocycles. The summed E-state index contributed by atoms with van der Waals surface area (Å²) in [5.74, 6) is -0.137. The van der Waals surface area contributed by atoms with Crippen LogP contribution in [-0.4, -0.2) is 19.2 Å². The molecule has 1 N–H and O–H groups in total. The average molecular weight is 469 g/mol. The third-order valence-corrected chi connectivity index (χ3v) is 7.70. The molecule has 2 aromatic heterocycles. The van der Waals surface area contributed by atoms with E-state index in [2.05, 4.69) is 4.72 Å². The summed E-state index contributed by atoms with van der Waals surface area (Å²) in [6.45, 7) is 1.01. The number of hydrogen-bond acceptors (Lipinski definition) is 5. The number of sulfonamides is 1. The smallest absolute Gasteiger partial charge is 0.261 e. The highest BCUT2D eigenvalue weighted by atomic mass is 32.2. The molecule has 8 heteroatoms. The number of nitrogens with one attached hydrogen (secondary N) is 1. The number of rotatable bonds is 8. The van der Waals surface area contributed by atoms with Crippen LogP contribution in [0.1, 0.15) is 20.1 Å². The Morgan fingerprint density at radius 3 is 1.87 bits per heavy atom. The summed E-state index contributed by atoms with van der Waals surface area (Å²) in [5.41, 5.74) is 0.937. The van der Waals surface area contributed by atoms with Crippen LogP contribution >= 0.6 is 22.7 Å². The lowest BCUT2D eigenvalue weighted by Gasteiger charge is -2.22. The van der Waals surface area contributed by atoms with E-state index < -0.39 is 10.0 Å². The van der Waals surface area contributed by atoms with Crippen LogP contribution in [0.15, 0.2) is 94.5 Å². The zero-order valence-corrected chi connectivity index (χ0v) is 18.9. The quantitative estimate of drug-likeness (QED) is 0.374. The van der Waals surface area contributed by atoms with Crippen LogP contribution in [0, 0.1) is 0 Å². The first-order valence-corrected chi connectivity index (χ1v) is 12.8. The van der Waals surface area contributed by atoms with Gasteiger partial charge in [-0.15, -0.1) is 22.7 Å². The molecular weight excluding hydrogens is 448 g/mol. The van der Waals surface area contributed by atoms with Crippen molar-refractivity contribution in [3.05, 3.63) is 105 Å². The van der Waals surface area contributed by atoms with E-state index in [-0.39, 0.29) is 10.8 Å². The SMILES string of the molecule is O=C(c1ccc(S(=O)(=O)Nc2ccccc2)cc1)N(Cc1cccs1)Cc1cccs1. The van der Waals surface area contributed by atoms with Gasteiger partial charge < -0.3 is 4.90 Å². The number of amides is 1. The molecule has 31 heavy (non-hydrogen) atoms. The Morgan fingerprint density at radius 1 is 0.774 bits per heavy atom. The Morgan fingerprint density at radius 2 is 1.35 bits per heavy atom. The number of para-hydroxylation sites is 1. The van der Waals surface area contributed by atoms with Crippen molar-refractivity contribution in [3.8, 4) is 0 Å². The Kier molecular flexibility index (Phi) is 6.50. The molecule has 4 rings (SSSR count). The molecule has 0 unspecified atom stereocenters.